The third-order valence-corrected chi connectivity index (χ3v) is 2.39. The summed E-state index contributed by atoms with van der Waals surface area (Å²) in [6.45, 7) is 6.49. The highest BCUT2D eigenvalue weighted by Gasteiger charge is 1.99. The van der Waals surface area contributed by atoms with Gasteiger partial charge in [0.1, 0.15) is 0 Å². The molecule has 0 saturated heterocycles. The normalized spacial score (nSPS) is 10.6. The van der Waals surface area contributed by atoms with Crippen molar-refractivity contribution in [1.29, 1.82) is 0 Å². The summed E-state index contributed by atoms with van der Waals surface area (Å²) in [4.78, 5) is 1.08. The third kappa shape index (κ3) is 2.00. The topological polar surface area (TPSA) is 0 Å². The molecular formula is C10H14S. The highest BCUT2D eigenvalue weighted by molar-refractivity contribution is 7.80. The van der Waals surface area contributed by atoms with Crippen LogP contribution in [0.25, 0.3) is 0 Å². The van der Waals surface area contributed by atoms with Gasteiger partial charge in [-0.05, 0) is 30.0 Å². The molecule has 1 aromatic rings. The Morgan fingerprint density at radius 3 is 2.36 bits per heavy atom. The number of thiol groups is 1. The zero-order valence-corrected chi connectivity index (χ0v) is 8.15. The van der Waals surface area contributed by atoms with Crippen molar-refractivity contribution >= 4 is 12.6 Å². The maximum Gasteiger partial charge on any atom is 0.00694 e. The van der Waals surface area contributed by atoms with Gasteiger partial charge in [0, 0.05) is 4.90 Å². The first-order valence-electron chi connectivity index (χ1n) is 3.91. The lowest BCUT2D eigenvalue weighted by Gasteiger charge is -2.06. The van der Waals surface area contributed by atoms with Crippen molar-refractivity contribution in [3.8, 4) is 0 Å². The molecule has 0 aromatic heterocycles. The van der Waals surface area contributed by atoms with Gasteiger partial charge in [-0.1, -0.05) is 26.0 Å². The zero-order chi connectivity index (χ0) is 8.43. The molecule has 0 aliphatic heterocycles. The Kier molecular flexibility index (Phi) is 2.61. The fraction of sp³-hybridized carbons (Fsp3) is 0.400. The summed E-state index contributed by atoms with van der Waals surface area (Å²) >= 11 is 4.31. The Morgan fingerprint density at radius 1 is 1.27 bits per heavy atom. The molecule has 0 bridgehead atoms. The quantitative estimate of drug-likeness (QED) is 0.607. The van der Waals surface area contributed by atoms with Crippen molar-refractivity contribution in [2.45, 2.75) is 31.6 Å². The monoisotopic (exact) mass is 166 g/mol. The molecule has 0 amide bonds. The van der Waals surface area contributed by atoms with Crippen molar-refractivity contribution in [1.82, 2.24) is 0 Å². The minimum absolute atomic E-state index is 0.614. The highest BCUT2D eigenvalue weighted by Crippen LogP contribution is 2.19. The summed E-state index contributed by atoms with van der Waals surface area (Å²) in [5, 5.41) is 0. The van der Waals surface area contributed by atoms with Crippen LogP contribution in [-0.4, -0.2) is 0 Å². The van der Waals surface area contributed by atoms with Crippen LogP contribution in [-0.2, 0) is 0 Å². The van der Waals surface area contributed by atoms with E-state index in [9.17, 15) is 0 Å². The fourth-order valence-electron chi connectivity index (χ4n) is 1.04. The minimum Gasteiger partial charge on any atom is -0.143 e. The molecule has 0 nitrogen and oxygen atoms in total. The van der Waals surface area contributed by atoms with E-state index in [1.54, 1.807) is 0 Å². The molecule has 1 aromatic carbocycles. The van der Waals surface area contributed by atoms with Gasteiger partial charge in [0.15, 0.2) is 0 Å². The second kappa shape index (κ2) is 3.31. The van der Waals surface area contributed by atoms with E-state index in [0.29, 0.717) is 5.92 Å². The molecule has 1 heteroatoms. The Bertz CT molecular complexity index is 251. The van der Waals surface area contributed by atoms with Crippen LogP contribution >= 0.6 is 12.6 Å². The molecule has 0 heterocycles. The molecule has 0 aliphatic rings. The molecule has 0 N–H and O–H groups in total. The first-order chi connectivity index (χ1) is 5.11. The molecule has 0 aliphatic carbocycles. The van der Waals surface area contributed by atoms with Crippen molar-refractivity contribution < 1.29 is 0 Å². The van der Waals surface area contributed by atoms with Gasteiger partial charge in [-0.3, -0.25) is 0 Å². The fourth-order valence-corrected chi connectivity index (χ4v) is 1.18. The largest absolute Gasteiger partial charge is 0.143 e. The van der Waals surface area contributed by atoms with Crippen LogP contribution in [0, 0.1) is 6.92 Å². The van der Waals surface area contributed by atoms with Crippen LogP contribution in [0.2, 0.25) is 0 Å². The Balaban J connectivity index is 3.05. The van der Waals surface area contributed by atoms with E-state index in [1.165, 1.54) is 11.1 Å². The van der Waals surface area contributed by atoms with Gasteiger partial charge >= 0.3 is 0 Å². The summed E-state index contributed by atoms with van der Waals surface area (Å²) in [5.74, 6) is 0.614. The Morgan fingerprint density at radius 2 is 1.91 bits per heavy atom. The van der Waals surface area contributed by atoms with Crippen LogP contribution < -0.4 is 0 Å². The number of rotatable bonds is 1. The Labute approximate surface area is 74.0 Å². The number of aryl methyl sites for hydroxylation is 1. The van der Waals surface area contributed by atoms with E-state index in [-0.39, 0.29) is 0 Å². The maximum atomic E-state index is 4.31. The lowest BCUT2D eigenvalue weighted by atomic mass is 10.0. The van der Waals surface area contributed by atoms with Gasteiger partial charge in [0.2, 0.25) is 0 Å². The Hall–Kier alpha value is -0.430. The van der Waals surface area contributed by atoms with Crippen LogP contribution in [0.1, 0.15) is 30.9 Å². The summed E-state index contributed by atoms with van der Waals surface area (Å²) in [6.07, 6.45) is 0. The zero-order valence-electron chi connectivity index (χ0n) is 7.26. The van der Waals surface area contributed by atoms with Gasteiger partial charge < -0.3 is 0 Å². The molecule has 0 atom stereocenters. The number of hydrogen-bond donors (Lipinski definition) is 1. The molecule has 0 radical (unpaired) electrons. The molecule has 0 fully saturated rings. The minimum atomic E-state index is 0.614. The van der Waals surface area contributed by atoms with Crippen molar-refractivity contribution in [3.63, 3.8) is 0 Å². The average molecular weight is 166 g/mol. The van der Waals surface area contributed by atoms with E-state index in [4.69, 9.17) is 0 Å². The van der Waals surface area contributed by atoms with E-state index < -0.39 is 0 Å². The third-order valence-electron chi connectivity index (χ3n) is 1.89. The van der Waals surface area contributed by atoms with Gasteiger partial charge in [-0.25, -0.2) is 0 Å². The molecular weight excluding hydrogens is 152 g/mol. The summed E-state index contributed by atoms with van der Waals surface area (Å²) in [5.41, 5.74) is 2.65. The van der Waals surface area contributed by atoms with E-state index in [2.05, 4.69) is 51.6 Å². The summed E-state index contributed by atoms with van der Waals surface area (Å²) in [6, 6.07) is 6.40. The second-order valence-corrected chi connectivity index (χ2v) is 3.68. The van der Waals surface area contributed by atoms with Crippen LogP contribution in [0.5, 0.6) is 0 Å². The average Bonchev–Trinajstić information content (AvgIpc) is 1.94. The summed E-state index contributed by atoms with van der Waals surface area (Å²) < 4.78 is 0. The number of hydrogen-bond acceptors (Lipinski definition) is 1. The van der Waals surface area contributed by atoms with Gasteiger partial charge in [-0.2, -0.15) is 0 Å². The standard InChI is InChI=1S/C10H14S/c1-7(2)9-4-5-10(11)8(3)6-9/h4-7,11H,1-3H3. The predicted molar refractivity (Wildman–Crippen MR) is 52.5 cm³/mol. The molecule has 11 heavy (non-hydrogen) atoms. The lowest BCUT2D eigenvalue weighted by molar-refractivity contribution is 0.862. The molecule has 0 spiro atoms. The molecule has 0 saturated carbocycles. The van der Waals surface area contributed by atoms with Gasteiger partial charge in [0.25, 0.3) is 0 Å². The summed E-state index contributed by atoms with van der Waals surface area (Å²) in [7, 11) is 0. The highest BCUT2D eigenvalue weighted by atomic mass is 32.1. The molecule has 1 rings (SSSR count). The van der Waals surface area contributed by atoms with Crippen molar-refractivity contribution in [3.05, 3.63) is 29.3 Å². The van der Waals surface area contributed by atoms with Gasteiger partial charge in [0.05, 0.1) is 0 Å². The molecule has 0 unspecified atom stereocenters. The number of benzene rings is 1. The predicted octanol–water partition coefficient (Wildman–Crippen LogP) is 3.41. The first-order valence-corrected chi connectivity index (χ1v) is 4.35. The van der Waals surface area contributed by atoms with Crippen LogP contribution in [0.15, 0.2) is 23.1 Å². The van der Waals surface area contributed by atoms with E-state index >= 15 is 0 Å². The second-order valence-electron chi connectivity index (χ2n) is 3.20. The first kappa shape index (κ1) is 8.66. The SMILES string of the molecule is Cc1cc(C(C)C)ccc1S. The van der Waals surface area contributed by atoms with Crippen LogP contribution in [0.3, 0.4) is 0 Å². The van der Waals surface area contributed by atoms with Crippen molar-refractivity contribution in [2.24, 2.45) is 0 Å². The van der Waals surface area contributed by atoms with Crippen LogP contribution in [0.4, 0.5) is 0 Å². The lowest BCUT2D eigenvalue weighted by Crippen LogP contribution is -1.87. The van der Waals surface area contributed by atoms with Gasteiger partial charge in [-0.15, -0.1) is 12.6 Å². The maximum absolute atomic E-state index is 4.31. The van der Waals surface area contributed by atoms with E-state index in [1.807, 2.05) is 0 Å². The van der Waals surface area contributed by atoms with E-state index in [0.717, 1.165) is 4.90 Å². The molecule has 60 valence electrons. The van der Waals surface area contributed by atoms with Crippen molar-refractivity contribution in [2.75, 3.05) is 0 Å². The smallest absolute Gasteiger partial charge is 0.00694 e.